The zero-order valence-electron chi connectivity index (χ0n) is 19.7. The zero-order chi connectivity index (χ0) is 24.9. The van der Waals surface area contributed by atoms with Crippen LogP contribution in [0.5, 0.6) is 23.0 Å². The standard InChI is InChI=1S/C26H27FO6S/c1-17-6-11-20(12-7-17)34(28,29)16-21-19(10-13-22(27)25(21)32-4)9-8-18-14-23(30-2)26(33-5)24(15-18)31-3/h6-15H,16H2,1-5H3/b9-8-. The second-order valence-corrected chi connectivity index (χ2v) is 9.50. The molecule has 0 atom stereocenters. The fourth-order valence-electron chi connectivity index (χ4n) is 3.54. The van der Waals surface area contributed by atoms with Crippen molar-refractivity contribution in [3.05, 3.63) is 76.6 Å². The van der Waals surface area contributed by atoms with Crippen LogP contribution in [-0.2, 0) is 15.6 Å². The van der Waals surface area contributed by atoms with Gasteiger partial charge in [-0.1, -0.05) is 35.9 Å². The lowest BCUT2D eigenvalue weighted by Gasteiger charge is -2.14. The third-order valence-electron chi connectivity index (χ3n) is 5.31. The molecule has 0 saturated carbocycles. The van der Waals surface area contributed by atoms with E-state index in [1.165, 1.54) is 40.6 Å². The molecule has 0 amide bonds. The van der Waals surface area contributed by atoms with Gasteiger partial charge < -0.3 is 18.9 Å². The molecule has 0 spiro atoms. The summed E-state index contributed by atoms with van der Waals surface area (Å²) in [5.41, 5.74) is 2.39. The molecule has 8 heteroatoms. The Balaban J connectivity index is 2.07. The van der Waals surface area contributed by atoms with Gasteiger partial charge in [0.25, 0.3) is 0 Å². The van der Waals surface area contributed by atoms with Crippen molar-refractivity contribution in [2.75, 3.05) is 28.4 Å². The van der Waals surface area contributed by atoms with E-state index in [0.29, 0.717) is 28.4 Å². The molecular formula is C26H27FO6S. The Labute approximate surface area is 199 Å². The summed E-state index contributed by atoms with van der Waals surface area (Å²) in [5.74, 6) is 0.229. The minimum absolute atomic E-state index is 0.109. The highest BCUT2D eigenvalue weighted by Crippen LogP contribution is 2.39. The average Bonchev–Trinajstić information content (AvgIpc) is 2.83. The van der Waals surface area contributed by atoms with Crippen molar-refractivity contribution in [3.8, 4) is 23.0 Å². The number of aryl methyl sites for hydroxylation is 1. The lowest BCUT2D eigenvalue weighted by Crippen LogP contribution is -2.08. The number of halogens is 1. The van der Waals surface area contributed by atoms with Crippen LogP contribution in [0.2, 0.25) is 0 Å². The summed E-state index contributed by atoms with van der Waals surface area (Å²) in [6.45, 7) is 1.87. The SMILES string of the molecule is COc1cc(/C=C\c2ccc(F)c(OC)c2CS(=O)(=O)c2ccc(C)cc2)cc(OC)c1OC. The normalized spacial score (nSPS) is 11.5. The highest BCUT2D eigenvalue weighted by Gasteiger charge is 2.22. The molecule has 34 heavy (non-hydrogen) atoms. The smallest absolute Gasteiger partial charge is 0.203 e. The van der Waals surface area contributed by atoms with Gasteiger partial charge in [-0.2, -0.15) is 0 Å². The summed E-state index contributed by atoms with van der Waals surface area (Å²) in [6, 6.07) is 12.8. The number of sulfone groups is 1. The maximum absolute atomic E-state index is 14.5. The van der Waals surface area contributed by atoms with Crippen LogP contribution >= 0.6 is 0 Å². The summed E-state index contributed by atoms with van der Waals surface area (Å²) < 4.78 is 62.1. The largest absolute Gasteiger partial charge is 0.493 e. The molecular weight excluding hydrogens is 459 g/mol. The third-order valence-corrected chi connectivity index (χ3v) is 6.97. The first-order valence-corrected chi connectivity index (χ1v) is 12.0. The molecule has 0 aromatic heterocycles. The number of ether oxygens (including phenoxy) is 4. The van der Waals surface area contributed by atoms with E-state index < -0.39 is 21.4 Å². The van der Waals surface area contributed by atoms with E-state index in [1.54, 1.807) is 48.6 Å². The summed E-state index contributed by atoms with van der Waals surface area (Å²) >= 11 is 0. The topological polar surface area (TPSA) is 71.1 Å². The van der Waals surface area contributed by atoms with E-state index in [9.17, 15) is 12.8 Å². The maximum Gasteiger partial charge on any atom is 0.203 e. The Bertz CT molecular complexity index is 1270. The van der Waals surface area contributed by atoms with Gasteiger partial charge in [0.15, 0.2) is 32.9 Å². The number of hydrogen-bond donors (Lipinski definition) is 0. The lowest BCUT2D eigenvalue weighted by molar-refractivity contribution is 0.324. The van der Waals surface area contributed by atoms with Crippen molar-refractivity contribution in [2.24, 2.45) is 0 Å². The predicted octanol–water partition coefficient (Wildman–Crippen LogP) is 5.31. The molecule has 0 heterocycles. The molecule has 0 unspecified atom stereocenters. The van der Waals surface area contributed by atoms with Gasteiger partial charge in [0.1, 0.15) is 0 Å². The Morgan fingerprint density at radius 2 is 1.38 bits per heavy atom. The highest BCUT2D eigenvalue weighted by molar-refractivity contribution is 7.90. The van der Waals surface area contributed by atoms with Crippen molar-refractivity contribution in [1.82, 2.24) is 0 Å². The Hall–Kier alpha value is -3.52. The van der Waals surface area contributed by atoms with Crippen LogP contribution in [0.15, 0.2) is 53.4 Å². The van der Waals surface area contributed by atoms with Crippen molar-refractivity contribution in [1.29, 1.82) is 0 Å². The highest BCUT2D eigenvalue weighted by atomic mass is 32.2. The lowest BCUT2D eigenvalue weighted by atomic mass is 10.0. The molecule has 0 aliphatic rings. The second kappa shape index (κ2) is 10.6. The van der Waals surface area contributed by atoms with Gasteiger partial charge in [0, 0.05) is 5.56 Å². The van der Waals surface area contributed by atoms with Crippen LogP contribution in [0.25, 0.3) is 12.2 Å². The van der Waals surface area contributed by atoms with Crippen molar-refractivity contribution in [3.63, 3.8) is 0 Å². The molecule has 6 nitrogen and oxygen atoms in total. The maximum atomic E-state index is 14.5. The van der Waals surface area contributed by atoms with Crippen LogP contribution in [0.1, 0.15) is 22.3 Å². The molecule has 3 aromatic carbocycles. The van der Waals surface area contributed by atoms with E-state index in [0.717, 1.165) is 5.56 Å². The van der Waals surface area contributed by atoms with Crippen molar-refractivity contribution in [2.45, 2.75) is 17.6 Å². The summed E-state index contributed by atoms with van der Waals surface area (Å²) in [6.07, 6.45) is 3.45. The average molecular weight is 487 g/mol. The van der Waals surface area contributed by atoms with Crippen LogP contribution in [-0.4, -0.2) is 36.9 Å². The minimum Gasteiger partial charge on any atom is -0.493 e. The van der Waals surface area contributed by atoms with Gasteiger partial charge >= 0.3 is 0 Å². The fourth-order valence-corrected chi connectivity index (χ4v) is 4.94. The van der Waals surface area contributed by atoms with Crippen molar-refractivity contribution >= 4 is 22.0 Å². The van der Waals surface area contributed by atoms with E-state index in [4.69, 9.17) is 18.9 Å². The molecule has 3 rings (SSSR count). The number of rotatable bonds is 9. The number of hydrogen-bond acceptors (Lipinski definition) is 6. The molecule has 0 radical (unpaired) electrons. The first-order chi connectivity index (χ1) is 16.2. The van der Waals surface area contributed by atoms with Gasteiger partial charge in [0.2, 0.25) is 5.75 Å². The van der Waals surface area contributed by atoms with Gasteiger partial charge in [-0.25, -0.2) is 12.8 Å². The van der Waals surface area contributed by atoms with Gasteiger partial charge in [-0.15, -0.1) is 0 Å². The minimum atomic E-state index is -3.75. The number of benzene rings is 3. The van der Waals surface area contributed by atoms with Crippen LogP contribution in [0.3, 0.4) is 0 Å². The first kappa shape index (κ1) is 25.1. The first-order valence-electron chi connectivity index (χ1n) is 10.4. The molecule has 0 aliphatic carbocycles. The molecule has 0 N–H and O–H groups in total. The summed E-state index contributed by atoms with van der Waals surface area (Å²) in [7, 11) is 2.11. The van der Waals surface area contributed by atoms with E-state index in [1.807, 2.05) is 6.92 Å². The van der Waals surface area contributed by atoms with Crippen LogP contribution in [0.4, 0.5) is 4.39 Å². The Kier molecular flexibility index (Phi) is 7.83. The molecule has 180 valence electrons. The summed E-state index contributed by atoms with van der Waals surface area (Å²) in [4.78, 5) is 0.156. The van der Waals surface area contributed by atoms with E-state index in [-0.39, 0.29) is 16.2 Å². The van der Waals surface area contributed by atoms with Crippen LogP contribution in [0, 0.1) is 12.7 Å². The second-order valence-electron chi connectivity index (χ2n) is 7.51. The molecule has 0 aliphatic heterocycles. The fraction of sp³-hybridized carbons (Fsp3) is 0.231. The van der Waals surface area contributed by atoms with Crippen molar-refractivity contribution < 1.29 is 31.8 Å². The Morgan fingerprint density at radius 1 is 0.794 bits per heavy atom. The summed E-state index contributed by atoms with van der Waals surface area (Å²) in [5, 5.41) is 0. The van der Waals surface area contributed by atoms with Gasteiger partial charge in [-0.3, -0.25) is 0 Å². The monoisotopic (exact) mass is 486 g/mol. The quantitative estimate of drug-likeness (QED) is 0.382. The molecule has 3 aromatic rings. The third kappa shape index (κ3) is 5.34. The van der Waals surface area contributed by atoms with Crippen LogP contribution < -0.4 is 18.9 Å². The predicted molar refractivity (Wildman–Crippen MR) is 130 cm³/mol. The van der Waals surface area contributed by atoms with E-state index in [2.05, 4.69) is 0 Å². The zero-order valence-corrected chi connectivity index (χ0v) is 20.5. The molecule has 0 fully saturated rings. The molecule has 0 bridgehead atoms. The van der Waals surface area contributed by atoms with Gasteiger partial charge in [0.05, 0.1) is 39.1 Å². The molecule has 0 saturated heterocycles. The number of methoxy groups -OCH3 is 4. The van der Waals surface area contributed by atoms with Gasteiger partial charge in [-0.05, 0) is 48.4 Å². The Morgan fingerprint density at radius 3 is 1.91 bits per heavy atom. The van der Waals surface area contributed by atoms with E-state index >= 15 is 0 Å².